The van der Waals surface area contributed by atoms with E-state index in [0.29, 0.717) is 17.9 Å². The highest BCUT2D eigenvalue weighted by molar-refractivity contribution is 7.89. The molecule has 4 nitrogen and oxygen atoms in total. The lowest BCUT2D eigenvalue weighted by atomic mass is 10.2. The molecule has 0 amide bonds. The lowest BCUT2D eigenvalue weighted by Crippen LogP contribution is -2.26. The van der Waals surface area contributed by atoms with Gasteiger partial charge in [0.25, 0.3) is 0 Å². The molecule has 1 heterocycles. The van der Waals surface area contributed by atoms with Gasteiger partial charge in [-0.15, -0.1) is 11.3 Å². The first kappa shape index (κ1) is 16.1. The summed E-state index contributed by atoms with van der Waals surface area (Å²) in [5, 5.41) is 1.01. The van der Waals surface area contributed by atoms with Gasteiger partial charge in [-0.1, -0.05) is 17.7 Å². The highest BCUT2D eigenvalue weighted by Crippen LogP contribution is 2.19. The predicted molar refractivity (Wildman–Crippen MR) is 86.4 cm³/mol. The van der Waals surface area contributed by atoms with E-state index in [1.807, 2.05) is 39.8 Å². The zero-order valence-corrected chi connectivity index (χ0v) is 14.4. The summed E-state index contributed by atoms with van der Waals surface area (Å²) in [7, 11) is -3.45. The van der Waals surface area contributed by atoms with Gasteiger partial charge in [-0.05, 0) is 45.7 Å². The van der Waals surface area contributed by atoms with Gasteiger partial charge in [-0.2, -0.15) is 0 Å². The maximum atomic E-state index is 12.3. The van der Waals surface area contributed by atoms with Crippen LogP contribution in [0.4, 0.5) is 0 Å². The fourth-order valence-corrected chi connectivity index (χ4v) is 4.48. The Morgan fingerprint density at radius 3 is 2.48 bits per heavy atom. The minimum Gasteiger partial charge on any atom is -0.247 e. The predicted octanol–water partition coefficient (Wildman–Crippen LogP) is 2.90. The molecule has 0 fully saturated rings. The zero-order chi connectivity index (χ0) is 15.6. The maximum absolute atomic E-state index is 12.3. The average Bonchev–Trinajstić information content (AvgIpc) is 2.67. The van der Waals surface area contributed by atoms with Gasteiger partial charge < -0.3 is 0 Å². The molecule has 1 N–H and O–H groups in total. The minimum atomic E-state index is -3.45. The molecule has 0 bridgehead atoms. The molecule has 2 rings (SSSR count). The molecule has 0 aliphatic heterocycles. The highest BCUT2D eigenvalue weighted by Gasteiger charge is 2.16. The molecular formula is C15H20N2O2S2. The van der Waals surface area contributed by atoms with Crippen molar-refractivity contribution in [1.29, 1.82) is 0 Å². The van der Waals surface area contributed by atoms with Gasteiger partial charge in [0.15, 0.2) is 0 Å². The standard InChI is InChI=1S/C15H20N2O2S2/c1-10-5-6-15(11(2)9-10)21(18,19)16-8-7-14-12(3)17-13(4)20-14/h5-6,9,16H,7-8H2,1-4H3. The second kappa shape index (κ2) is 6.25. The van der Waals surface area contributed by atoms with E-state index in [0.717, 1.165) is 26.7 Å². The summed E-state index contributed by atoms with van der Waals surface area (Å²) in [6.07, 6.45) is 0.668. The minimum absolute atomic E-state index is 0.352. The molecule has 0 radical (unpaired) electrons. The van der Waals surface area contributed by atoms with Crippen LogP contribution in [0.3, 0.4) is 0 Å². The summed E-state index contributed by atoms with van der Waals surface area (Å²) in [5.41, 5.74) is 2.82. The quantitative estimate of drug-likeness (QED) is 0.920. The van der Waals surface area contributed by atoms with E-state index in [1.54, 1.807) is 17.4 Å². The Kier molecular flexibility index (Phi) is 4.81. The number of sulfonamides is 1. The molecule has 2 aromatic rings. The molecule has 0 aliphatic carbocycles. The average molecular weight is 324 g/mol. The van der Waals surface area contributed by atoms with E-state index in [1.165, 1.54) is 0 Å². The number of nitrogens with one attached hydrogen (secondary N) is 1. The van der Waals surface area contributed by atoms with Gasteiger partial charge in [0, 0.05) is 11.4 Å². The van der Waals surface area contributed by atoms with Crippen molar-refractivity contribution in [3.8, 4) is 0 Å². The van der Waals surface area contributed by atoms with Crippen molar-refractivity contribution < 1.29 is 8.42 Å². The Bertz CT molecular complexity index is 749. The smallest absolute Gasteiger partial charge is 0.240 e. The van der Waals surface area contributed by atoms with Crippen LogP contribution in [0.5, 0.6) is 0 Å². The monoisotopic (exact) mass is 324 g/mol. The highest BCUT2D eigenvalue weighted by atomic mass is 32.2. The molecule has 21 heavy (non-hydrogen) atoms. The summed E-state index contributed by atoms with van der Waals surface area (Å²) < 4.78 is 27.3. The first-order chi connectivity index (χ1) is 9.79. The van der Waals surface area contributed by atoms with Crippen molar-refractivity contribution in [3.05, 3.63) is 44.9 Å². The molecular weight excluding hydrogens is 304 g/mol. The van der Waals surface area contributed by atoms with E-state index < -0.39 is 10.0 Å². The Morgan fingerprint density at radius 2 is 1.90 bits per heavy atom. The number of benzene rings is 1. The molecule has 0 saturated carbocycles. The molecule has 1 aromatic carbocycles. The Hall–Kier alpha value is -1.24. The summed E-state index contributed by atoms with van der Waals surface area (Å²) in [6, 6.07) is 5.36. The fourth-order valence-electron chi connectivity index (χ4n) is 2.28. The van der Waals surface area contributed by atoms with Crippen molar-refractivity contribution >= 4 is 21.4 Å². The van der Waals surface area contributed by atoms with E-state index in [-0.39, 0.29) is 0 Å². The number of thiazole rings is 1. The Morgan fingerprint density at radius 1 is 1.19 bits per heavy atom. The molecule has 0 unspecified atom stereocenters. The van der Waals surface area contributed by atoms with Crippen LogP contribution < -0.4 is 4.72 Å². The largest absolute Gasteiger partial charge is 0.247 e. The number of rotatable bonds is 5. The number of hydrogen-bond acceptors (Lipinski definition) is 4. The number of aryl methyl sites for hydroxylation is 4. The summed E-state index contributed by atoms with van der Waals surface area (Å²) in [5.74, 6) is 0. The van der Waals surface area contributed by atoms with E-state index in [2.05, 4.69) is 9.71 Å². The molecule has 6 heteroatoms. The lowest BCUT2D eigenvalue weighted by Gasteiger charge is -2.09. The second-order valence-electron chi connectivity index (χ2n) is 5.16. The van der Waals surface area contributed by atoms with Gasteiger partial charge in [0.2, 0.25) is 10.0 Å². The van der Waals surface area contributed by atoms with Crippen molar-refractivity contribution in [2.45, 2.75) is 39.0 Å². The van der Waals surface area contributed by atoms with Crippen molar-refractivity contribution in [2.75, 3.05) is 6.54 Å². The third-order valence-electron chi connectivity index (χ3n) is 3.26. The number of hydrogen-bond donors (Lipinski definition) is 1. The maximum Gasteiger partial charge on any atom is 0.240 e. The first-order valence-corrected chi connectivity index (χ1v) is 9.09. The van der Waals surface area contributed by atoms with Crippen molar-refractivity contribution in [3.63, 3.8) is 0 Å². The van der Waals surface area contributed by atoms with Gasteiger partial charge >= 0.3 is 0 Å². The molecule has 0 atom stereocenters. The zero-order valence-electron chi connectivity index (χ0n) is 12.7. The molecule has 114 valence electrons. The van der Waals surface area contributed by atoms with E-state index in [9.17, 15) is 8.42 Å². The molecule has 0 saturated heterocycles. The number of nitrogens with zero attached hydrogens (tertiary/aromatic N) is 1. The second-order valence-corrected chi connectivity index (χ2v) is 8.18. The van der Waals surface area contributed by atoms with Crippen LogP contribution >= 0.6 is 11.3 Å². The van der Waals surface area contributed by atoms with Gasteiger partial charge in [-0.25, -0.2) is 18.1 Å². The van der Waals surface area contributed by atoms with E-state index >= 15 is 0 Å². The van der Waals surface area contributed by atoms with Crippen LogP contribution in [0.25, 0.3) is 0 Å². The lowest BCUT2D eigenvalue weighted by molar-refractivity contribution is 0.581. The van der Waals surface area contributed by atoms with Crippen molar-refractivity contribution in [1.82, 2.24) is 9.71 Å². The third-order valence-corrected chi connectivity index (χ3v) is 6.02. The Balaban J connectivity index is 2.06. The van der Waals surface area contributed by atoms with Gasteiger partial charge in [0.1, 0.15) is 0 Å². The first-order valence-electron chi connectivity index (χ1n) is 6.79. The number of aromatic nitrogens is 1. The molecule has 1 aromatic heterocycles. The molecule has 0 aliphatic rings. The van der Waals surface area contributed by atoms with Crippen LogP contribution in [-0.4, -0.2) is 19.9 Å². The fraction of sp³-hybridized carbons (Fsp3) is 0.400. The summed E-state index contributed by atoms with van der Waals surface area (Å²) >= 11 is 1.62. The summed E-state index contributed by atoms with van der Waals surface area (Å²) in [6.45, 7) is 8.07. The SMILES string of the molecule is Cc1ccc(S(=O)(=O)NCCc2sc(C)nc2C)c(C)c1. The van der Waals surface area contributed by atoms with Crippen LogP contribution in [0.1, 0.15) is 26.7 Å². The third kappa shape index (κ3) is 3.90. The van der Waals surface area contributed by atoms with Crippen LogP contribution in [0.2, 0.25) is 0 Å². The molecule has 0 spiro atoms. The van der Waals surface area contributed by atoms with Crippen LogP contribution in [0, 0.1) is 27.7 Å². The topological polar surface area (TPSA) is 59.1 Å². The Labute approximate surface area is 130 Å². The summed E-state index contributed by atoms with van der Waals surface area (Å²) in [4.78, 5) is 5.84. The van der Waals surface area contributed by atoms with E-state index in [4.69, 9.17) is 0 Å². The van der Waals surface area contributed by atoms with Crippen LogP contribution in [0.15, 0.2) is 23.1 Å². The van der Waals surface area contributed by atoms with Gasteiger partial charge in [-0.3, -0.25) is 0 Å². The van der Waals surface area contributed by atoms with Gasteiger partial charge in [0.05, 0.1) is 15.6 Å². The van der Waals surface area contributed by atoms with Crippen molar-refractivity contribution in [2.24, 2.45) is 0 Å². The van der Waals surface area contributed by atoms with Crippen LogP contribution in [-0.2, 0) is 16.4 Å². The normalized spacial score (nSPS) is 11.8.